The molecule has 3 aromatic heterocycles. The molecule has 0 aliphatic carbocycles. The summed E-state index contributed by atoms with van der Waals surface area (Å²) in [7, 11) is 0. The van der Waals surface area contributed by atoms with Crippen LogP contribution in [0.1, 0.15) is 24.8 Å². The Kier molecular flexibility index (Phi) is 4.47. The summed E-state index contributed by atoms with van der Waals surface area (Å²) in [5.74, 6) is 0.176. The maximum absolute atomic E-state index is 10.9. The van der Waals surface area contributed by atoms with E-state index in [2.05, 4.69) is 27.9 Å². The largest absolute Gasteiger partial charge is 0.481 e. The second kappa shape index (κ2) is 6.76. The Hall–Kier alpha value is -1.93. The van der Waals surface area contributed by atoms with Crippen LogP contribution in [0, 0.1) is 6.92 Å². The third-order valence-corrected chi connectivity index (χ3v) is 6.57. The van der Waals surface area contributed by atoms with E-state index in [0.29, 0.717) is 5.03 Å². The fraction of sp³-hybridized carbons (Fsp3) is 0.412. The van der Waals surface area contributed by atoms with Gasteiger partial charge in [-0.2, -0.15) is 0 Å². The average Bonchev–Trinajstić information content (AvgIpc) is 3.00. The van der Waals surface area contributed by atoms with Crippen molar-refractivity contribution in [3.05, 3.63) is 18.0 Å². The Balaban J connectivity index is 1.82. The monoisotopic (exact) mass is 374 g/mol. The van der Waals surface area contributed by atoms with E-state index in [0.717, 1.165) is 44.9 Å². The number of aromatic nitrogens is 3. The topological polar surface area (TPSA) is 79.2 Å². The Morgan fingerprint density at radius 3 is 2.88 bits per heavy atom. The molecule has 1 fully saturated rings. The van der Waals surface area contributed by atoms with Crippen molar-refractivity contribution in [2.75, 3.05) is 23.7 Å². The predicted octanol–water partition coefficient (Wildman–Crippen LogP) is 3.71. The molecule has 8 heteroatoms. The molecule has 130 valence electrons. The number of carboxylic acids is 1. The minimum absolute atomic E-state index is 0.00814. The van der Waals surface area contributed by atoms with Crippen LogP contribution >= 0.6 is 23.1 Å². The van der Waals surface area contributed by atoms with Gasteiger partial charge in [-0.1, -0.05) is 11.8 Å². The van der Waals surface area contributed by atoms with Crippen molar-refractivity contribution in [2.45, 2.75) is 31.2 Å². The molecule has 4 heterocycles. The number of nitrogens with zero attached hydrogens (tertiary/aromatic N) is 4. The van der Waals surface area contributed by atoms with Gasteiger partial charge in [0.2, 0.25) is 0 Å². The number of anilines is 1. The smallest absolute Gasteiger partial charge is 0.313 e. The molecule has 1 N–H and O–H groups in total. The first-order valence-electron chi connectivity index (χ1n) is 8.28. The second-order valence-electron chi connectivity index (χ2n) is 6.17. The van der Waals surface area contributed by atoms with Gasteiger partial charge in [0.1, 0.15) is 22.0 Å². The molecule has 0 amide bonds. The van der Waals surface area contributed by atoms with Gasteiger partial charge >= 0.3 is 5.97 Å². The molecule has 3 aromatic rings. The molecule has 1 aliphatic heterocycles. The maximum atomic E-state index is 10.9. The molecular weight excluding hydrogens is 356 g/mol. The first-order chi connectivity index (χ1) is 12.1. The third kappa shape index (κ3) is 3.16. The SMILES string of the molecule is Cc1cc(N2CCCCC2)nc2sc3c(SCC(=O)O)ncnc3c12. The van der Waals surface area contributed by atoms with Crippen LogP contribution in [0.4, 0.5) is 5.82 Å². The summed E-state index contributed by atoms with van der Waals surface area (Å²) in [6.45, 7) is 4.21. The van der Waals surface area contributed by atoms with E-state index in [4.69, 9.17) is 10.1 Å². The van der Waals surface area contributed by atoms with Gasteiger partial charge in [-0.15, -0.1) is 11.3 Å². The number of hydrogen-bond acceptors (Lipinski definition) is 7. The van der Waals surface area contributed by atoms with Crippen molar-refractivity contribution in [1.29, 1.82) is 0 Å². The normalized spacial score (nSPS) is 15.2. The number of rotatable bonds is 4. The van der Waals surface area contributed by atoms with Crippen LogP contribution in [0.15, 0.2) is 17.4 Å². The fourth-order valence-electron chi connectivity index (χ4n) is 3.23. The standard InChI is InChI=1S/C17H18N4O2S2/c1-10-7-11(21-5-3-2-4-6-21)20-16-13(10)14-15(25-16)17(19-9-18-14)24-8-12(22)23/h7,9H,2-6,8H2,1H3,(H,22,23). The highest BCUT2D eigenvalue weighted by Gasteiger charge is 2.19. The third-order valence-electron chi connectivity index (χ3n) is 4.39. The number of aliphatic carboxylic acids is 1. The summed E-state index contributed by atoms with van der Waals surface area (Å²) in [5.41, 5.74) is 2.03. The lowest BCUT2D eigenvalue weighted by atomic mass is 10.1. The Bertz CT molecular complexity index is 951. The number of carbonyl (C=O) groups is 1. The summed E-state index contributed by atoms with van der Waals surface area (Å²) in [6.07, 6.45) is 5.23. The number of thiophene rings is 1. The summed E-state index contributed by atoms with van der Waals surface area (Å²) in [4.78, 5) is 27.8. The van der Waals surface area contributed by atoms with Crippen LogP contribution in [0.25, 0.3) is 20.4 Å². The highest BCUT2D eigenvalue weighted by molar-refractivity contribution is 8.00. The molecule has 0 radical (unpaired) electrons. The number of aryl methyl sites for hydroxylation is 1. The summed E-state index contributed by atoms with van der Waals surface area (Å²) < 4.78 is 0.926. The molecule has 1 aliphatic rings. The molecule has 1 saturated heterocycles. The lowest BCUT2D eigenvalue weighted by Gasteiger charge is -2.28. The van der Waals surface area contributed by atoms with E-state index < -0.39 is 5.97 Å². The lowest BCUT2D eigenvalue weighted by molar-refractivity contribution is -0.133. The molecule has 0 unspecified atom stereocenters. The number of piperidine rings is 1. The molecule has 0 bridgehead atoms. The van der Waals surface area contributed by atoms with E-state index in [1.165, 1.54) is 37.4 Å². The van der Waals surface area contributed by atoms with Crippen molar-refractivity contribution < 1.29 is 9.90 Å². The number of hydrogen-bond donors (Lipinski definition) is 1. The summed E-state index contributed by atoms with van der Waals surface area (Å²) >= 11 is 2.79. The number of thioether (sulfide) groups is 1. The molecule has 4 rings (SSSR count). The number of pyridine rings is 1. The molecule has 0 saturated carbocycles. The lowest BCUT2D eigenvalue weighted by Crippen LogP contribution is -2.30. The maximum Gasteiger partial charge on any atom is 0.313 e. The van der Waals surface area contributed by atoms with Crippen molar-refractivity contribution >= 4 is 55.3 Å². The number of fused-ring (bicyclic) bond motifs is 3. The molecule has 0 aromatic carbocycles. The predicted molar refractivity (Wildman–Crippen MR) is 102 cm³/mol. The van der Waals surface area contributed by atoms with Crippen molar-refractivity contribution in [2.24, 2.45) is 0 Å². The average molecular weight is 374 g/mol. The van der Waals surface area contributed by atoms with Crippen LogP contribution in [0.5, 0.6) is 0 Å². The van der Waals surface area contributed by atoms with Crippen LogP contribution in [0.3, 0.4) is 0 Å². The van der Waals surface area contributed by atoms with E-state index in [-0.39, 0.29) is 5.75 Å². The fourth-order valence-corrected chi connectivity index (χ4v) is 5.23. The first kappa shape index (κ1) is 16.5. The number of carboxylic acid groups (broad SMARTS) is 1. The van der Waals surface area contributed by atoms with Gasteiger partial charge in [-0.3, -0.25) is 4.79 Å². The highest BCUT2D eigenvalue weighted by atomic mass is 32.2. The van der Waals surface area contributed by atoms with Crippen molar-refractivity contribution in [3.63, 3.8) is 0 Å². The van der Waals surface area contributed by atoms with Gasteiger partial charge in [-0.25, -0.2) is 15.0 Å². The summed E-state index contributed by atoms with van der Waals surface area (Å²) in [6, 6.07) is 2.14. The quantitative estimate of drug-likeness (QED) is 0.551. The first-order valence-corrected chi connectivity index (χ1v) is 10.1. The zero-order valence-corrected chi connectivity index (χ0v) is 15.5. The van der Waals surface area contributed by atoms with E-state index >= 15 is 0 Å². The van der Waals surface area contributed by atoms with Crippen LogP contribution in [0.2, 0.25) is 0 Å². The summed E-state index contributed by atoms with van der Waals surface area (Å²) in [5, 5.41) is 10.7. The zero-order valence-electron chi connectivity index (χ0n) is 13.9. The zero-order chi connectivity index (χ0) is 17.4. The van der Waals surface area contributed by atoms with Crippen LogP contribution < -0.4 is 4.90 Å². The van der Waals surface area contributed by atoms with Crippen LogP contribution in [-0.4, -0.2) is 44.9 Å². The molecule has 6 nitrogen and oxygen atoms in total. The van der Waals surface area contributed by atoms with E-state index in [1.807, 2.05) is 0 Å². The van der Waals surface area contributed by atoms with Gasteiger partial charge in [0, 0.05) is 18.5 Å². The van der Waals surface area contributed by atoms with Crippen molar-refractivity contribution in [1.82, 2.24) is 15.0 Å². The van der Waals surface area contributed by atoms with Gasteiger partial charge < -0.3 is 10.0 Å². The molecule has 0 atom stereocenters. The molecule has 0 spiro atoms. The minimum Gasteiger partial charge on any atom is -0.481 e. The van der Waals surface area contributed by atoms with Gasteiger partial charge in [0.25, 0.3) is 0 Å². The molecule has 25 heavy (non-hydrogen) atoms. The van der Waals surface area contributed by atoms with Gasteiger partial charge in [0.15, 0.2) is 0 Å². The van der Waals surface area contributed by atoms with E-state index in [1.54, 1.807) is 11.3 Å². The Morgan fingerprint density at radius 1 is 1.32 bits per heavy atom. The molecular formula is C17H18N4O2S2. The van der Waals surface area contributed by atoms with E-state index in [9.17, 15) is 4.79 Å². The minimum atomic E-state index is -0.848. The second-order valence-corrected chi connectivity index (χ2v) is 8.13. The van der Waals surface area contributed by atoms with Crippen molar-refractivity contribution in [3.8, 4) is 0 Å². The Morgan fingerprint density at radius 2 is 2.12 bits per heavy atom. The Labute approximate surface area is 153 Å². The van der Waals surface area contributed by atoms with Gasteiger partial charge in [-0.05, 0) is 37.8 Å². The van der Waals surface area contributed by atoms with Crippen LogP contribution in [-0.2, 0) is 4.79 Å². The van der Waals surface area contributed by atoms with Gasteiger partial charge in [0.05, 0.1) is 16.0 Å². The highest BCUT2D eigenvalue weighted by Crippen LogP contribution is 2.39.